The number of ether oxygens (including phenoxy) is 1. The molecule has 1 aliphatic rings. The Balaban J connectivity index is 1.94. The molecular formula is C32H33F3N2O4. The fourth-order valence-electron chi connectivity index (χ4n) is 5.04. The molecule has 1 amide bonds. The number of fused-ring (bicyclic) bond motifs is 2. The van der Waals surface area contributed by atoms with Crippen LogP contribution in [0.25, 0.3) is 10.8 Å². The SMILES string of the molecule is CCN(CC)CCN1C(=O)C(O)(c2ccc3ccccc3c2)c2c1cc(C#CC(=O)OC(C)(C)C)cc2C(F)(F)F. The fourth-order valence-corrected chi connectivity index (χ4v) is 5.04. The number of carbonyl (C=O) groups is 2. The van der Waals surface area contributed by atoms with E-state index in [1.165, 1.54) is 17.0 Å². The number of alkyl halides is 3. The summed E-state index contributed by atoms with van der Waals surface area (Å²) < 4.78 is 49.1. The van der Waals surface area contributed by atoms with Gasteiger partial charge >= 0.3 is 12.1 Å². The highest BCUT2D eigenvalue weighted by Gasteiger charge is 2.55. The molecule has 216 valence electrons. The molecule has 1 atom stereocenters. The number of hydrogen-bond acceptors (Lipinski definition) is 5. The van der Waals surface area contributed by atoms with Crippen LogP contribution >= 0.6 is 0 Å². The van der Waals surface area contributed by atoms with Crippen molar-refractivity contribution in [2.45, 2.75) is 52.0 Å². The van der Waals surface area contributed by atoms with Crippen LogP contribution in [-0.4, -0.2) is 53.7 Å². The molecule has 1 aliphatic heterocycles. The standard InChI is InChI=1S/C32H33F3N2O4/c1-6-36(7-2)16-17-37-26-19-21(12-15-27(38)41-30(3,4)5)18-25(32(33,34)35)28(26)31(40,29(37)39)24-14-13-22-10-8-9-11-23(22)20-24/h8-11,13-14,18-20,40H,6-7,16-17H2,1-5H3. The van der Waals surface area contributed by atoms with E-state index < -0.39 is 40.4 Å². The second-order valence-electron chi connectivity index (χ2n) is 10.9. The summed E-state index contributed by atoms with van der Waals surface area (Å²) in [5, 5.41) is 13.5. The Morgan fingerprint density at radius 1 is 1.02 bits per heavy atom. The van der Waals surface area contributed by atoms with Gasteiger partial charge in [-0.2, -0.15) is 13.2 Å². The summed E-state index contributed by atoms with van der Waals surface area (Å²) in [4.78, 5) is 29.4. The molecule has 0 bridgehead atoms. The first kappa shape index (κ1) is 30.1. The minimum atomic E-state index is -4.94. The summed E-state index contributed by atoms with van der Waals surface area (Å²) in [6, 6.07) is 14.0. The highest BCUT2D eigenvalue weighted by Crippen LogP contribution is 2.50. The third kappa shape index (κ3) is 6.09. The minimum Gasteiger partial charge on any atom is -0.450 e. The maximum atomic E-state index is 14.6. The summed E-state index contributed by atoms with van der Waals surface area (Å²) in [5.41, 5.74) is -5.36. The number of rotatable bonds is 6. The second kappa shape index (κ2) is 11.2. The van der Waals surface area contributed by atoms with Crippen LogP contribution in [0.4, 0.5) is 18.9 Å². The molecule has 6 nitrogen and oxygen atoms in total. The number of benzene rings is 3. The normalized spacial score (nSPS) is 17.0. The van der Waals surface area contributed by atoms with Gasteiger partial charge in [0.1, 0.15) is 5.60 Å². The van der Waals surface area contributed by atoms with Crippen LogP contribution in [-0.2, 0) is 26.1 Å². The number of carbonyl (C=O) groups excluding carboxylic acids is 2. The maximum Gasteiger partial charge on any atom is 0.416 e. The zero-order valence-electron chi connectivity index (χ0n) is 23.7. The number of halogens is 3. The van der Waals surface area contributed by atoms with E-state index >= 15 is 0 Å². The first-order valence-corrected chi connectivity index (χ1v) is 13.5. The Hall–Kier alpha value is -3.87. The van der Waals surface area contributed by atoms with E-state index in [4.69, 9.17) is 4.74 Å². The van der Waals surface area contributed by atoms with Crippen LogP contribution < -0.4 is 4.90 Å². The van der Waals surface area contributed by atoms with Gasteiger partial charge in [-0.05, 0) is 68.4 Å². The fraction of sp³-hybridized carbons (Fsp3) is 0.375. The Labute approximate surface area is 237 Å². The van der Waals surface area contributed by atoms with Gasteiger partial charge in [0.25, 0.3) is 5.91 Å². The van der Waals surface area contributed by atoms with E-state index in [0.29, 0.717) is 25.0 Å². The maximum absolute atomic E-state index is 14.6. The van der Waals surface area contributed by atoms with E-state index in [1.54, 1.807) is 45.0 Å². The van der Waals surface area contributed by atoms with Crippen molar-refractivity contribution in [3.63, 3.8) is 0 Å². The number of esters is 1. The summed E-state index contributed by atoms with van der Waals surface area (Å²) >= 11 is 0. The first-order valence-electron chi connectivity index (χ1n) is 13.5. The van der Waals surface area contributed by atoms with Gasteiger partial charge in [0.2, 0.25) is 0 Å². The van der Waals surface area contributed by atoms with Crippen molar-refractivity contribution >= 4 is 28.3 Å². The van der Waals surface area contributed by atoms with Crippen molar-refractivity contribution in [2.75, 3.05) is 31.1 Å². The number of aliphatic hydroxyl groups is 1. The van der Waals surface area contributed by atoms with Crippen molar-refractivity contribution in [3.05, 3.63) is 76.9 Å². The molecule has 0 radical (unpaired) electrons. The molecule has 1 heterocycles. The van der Waals surface area contributed by atoms with Gasteiger partial charge in [-0.1, -0.05) is 56.2 Å². The average Bonchev–Trinajstić information content (AvgIpc) is 3.12. The molecule has 0 aliphatic carbocycles. The predicted octanol–water partition coefficient (Wildman–Crippen LogP) is 5.48. The third-order valence-corrected chi connectivity index (χ3v) is 7.04. The van der Waals surface area contributed by atoms with Crippen LogP contribution in [0.2, 0.25) is 0 Å². The Kier molecular flexibility index (Phi) is 8.21. The summed E-state index contributed by atoms with van der Waals surface area (Å²) in [6.45, 7) is 10.6. The molecule has 9 heteroatoms. The lowest BCUT2D eigenvalue weighted by molar-refractivity contribution is -0.147. The summed E-state index contributed by atoms with van der Waals surface area (Å²) in [5.74, 6) is 2.94. The Morgan fingerprint density at radius 3 is 2.29 bits per heavy atom. The van der Waals surface area contributed by atoms with Crippen LogP contribution in [0.15, 0.2) is 54.6 Å². The summed E-state index contributed by atoms with van der Waals surface area (Å²) in [7, 11) is 0. The topological polar surface area (TPSA) is 70.1 Å². The average molecular weight is 567 g/mol. The number of likely N-dealkylation sites (N-methyl/N-ethyl adjacent to an activating group) is 1. The van der Waals surface area contributed by atoms with Gasteiger partial charge in [0.15, 0.2) is 5.60 Å². The highest BCUT2D eigenvalue weighted by molar-refractivity contribution is 6.10. The van der Waals surface area contributed by atoms with Crippen molar-refractivity contribution < 1.29 is 32.6 Å². The van der Waals surface area contributed by atoms with Gasteiger partial charge in [0, 0.05) is 30.1 Å². The molecule has 0 saturated carbocycles. The van der Waals surface area contributed by atoms with E-state index in [2.05, 4.69) is 11.8 Å². The molecule has 0 aromatic heterocycles. The van der Waals surface area contributed by atoms with E-state index in [1.807, 2.05) is 30.9 Å². The molecule has 0 fully saturated rings. The molecule has 3 aromatic rings. The summed E-state index contributed by atoms with van der Waals surface area (Å²) in [6.07, 6.45) is -4.94. The first-order chi connectivity index (χ1) is 19.2. The largest absolute Gasteiger partial charge is 0.450 e. The zero-order valence-corrected chi connectivity index (χ0v) is 23.7. The molecular weight excluding hydrogens is 533 g/mol. The molecule has 3 aromatic carbocycles. The highest BCUT2D eigenvalue weighted by atomic mass is 19.4. The predicted molar refractivity (Wildman–Crippen MR) is 151 cm³/mol. The van der Waals surface area contributed by atoms with Gasteiger partial charge < -0.3 is 19.6 Å². The second-order valence-corrected chi connectivity index (χ2v) is 10.9. The smallest absolute Gasteiger partial charge is 0.416 e. The van der Waals surface area contributed by atoms with Crippen LogP contribution in [0, 0.1) is 11.8 Å². The van der Waals surface area contributed by atoms with Crippen LogP contribution in [0.3, 0.4) is 0 Å². The Bertz CT molecular complexity index is 1540. The van der Waals surface area contributed by atoms with Crippen LogP contribution in [0.1, 0.15) is 56.9 Å². The van der Waals surface area contributed by atoms with Crippen molar-refractivity contribution in [2.24, 2.45) is 0 Å². The van der Waals surface area contributed by atoms with Gasteiger partial charge in [-0.25, -0.2) is 4.79 Å². The van der Waals surface area contributed by atoms with Crippen molar-refractivity contribution in [1.82, 2.24) is 4.90 Å². The number of nitrogens with zero attached hydrogens (tertiary/aromatic N) is 2. The number of hydrogen-bond donors (Lipinski definition) is 1. The van der Waals surface area contributed by atoms with Gasteiger partial charge in [-0.15, -0.1) is 0 Å². The zero-order chi connectivity index (χ0) is 30.2. The van der Waals surface area contributed by atoms with Crippen LogP contribution in [0.5, 0.6) is 0 Å². The minimum absolute atomic E-state index is 0.0332. The lowest BCUT2D eigenvalue weighted by Gasteiger charge is -2.26. The van der Waals surface area contributed by atoms with E-state index in [9.17, 15) is 27.9 Å². The number of amides is 1. The lowest BCUT2D eigenvalue weighted by atomic mass is 9.83. The molecule has 0 saturated heterocycles. The van der Waals surface area contributed by atoms with E-state index in [0.717, 1.165) is 11.5 Å². The molecule has 1 unspecified atom stereocenters. The van der Waals surface area contributed by atoms with Crippen molar-refractivity contribution in [3.8, 4) is 11.8 Å². The molecule has 4 rings (SSSR count). The molecule has 0 spiro atoms. The van der Waals surface area contributed by atoms with E-state index in [-0.39, 0.29) is 23.4 Å². The van der Waals surface area contributed by atoms with Crippen molar-refractivity contribution in [1.29, 1.82) is 0 Å². The lowest BCUT2D eigenvalue weighted by Crippen LogP contribution is -2.44. The Morgan fingerprint density at radius 2 is 1.68 bits per heavy atom. The molecule has 1 N–H and O–H groups in total. The number of anilines is 1. The quantitative estimate of drug-likeness (QED) is 0.316. The molecule has 41 heavy (non-hydrogen) atoms. The third-order valence-electron chi connectivity index (χ3n) is 7.04. The van der Waals surface area contributed by atoms with Gasteiger partial charge in [-0.3, -0.25) is 4.79 Å². The van der Waals surface area contributed by atoms with Gasteiger partial charge in [0.05, 0.1) is 11.3 Å². The monoisotopic (exact) mass is 566 g/mol.